The molecule has 0 atom stereocenters. The van der Waals surface area contributed by atoms with Gasteiger partial charge >= 0.3 is 11.9 Å². The van der Waals surface area contributed by atoms with E-state index in [2.05, 4.69) is 20.6 Å². The van der Waals surface area contributed by atoms with E-state index in [1.807, 2.05) is 35.7 Å². The smallest absolute Gasteiger partial charge is 0.337 e. The topological polar surface area (TPSA) is 120 Å². The van der Waals surface area contributed by atoms with E-state index in [0.29, 0.717) is 10.9 Å². The summed E-state index contributed by atoms with van der Waals surface area (Å²) in [7, 11) is 0. The van der Waals surface area contributed by atoms with Gasteiger partial charge in [0.25, 0.3) is 0 Å². The van der Waals surface area contributed by atoms with Gasteiger partial charge in [-0.3, -0.25) is 10.2 Å². The second-order valence-corrected chi connectivity index (χ2v) is 7.68. The van der Waals surface area contributed by atoms with Crippen molar-refractivity contribution in [1.29, 1.82) is 0 Å². The molecule has 1 aliphatic rings. The Labute approximate surface area is 191 Å². The number of nitrogens with one attached hydrogen (secondary N) is 1. The Balaban J connectivity index is 1.50. The number of anilines is 2. The minimum absolute atomic E-state index is 0.0214. The van der Waals surface area contributed by atoms with E-state index < -0.39 is 11.9 Å². The van der Waals surface area contributed by atoms with Crippen molar-refractivity contribution < 1.29 is 19.1 Å². The molecule has 0 aliphatic carbocycles. The van der Waals surface area contributed by atoms with Crippen LogP contribution in [0.15, 0.2) is 93.0 Å². The van der Waals surface area contributed by atoms with Crippen LogP contribution >= 0.6 is 11.3 Å². The number of rotatable bonds is 6. The Hall–Kier alpha value is -4.57. The molecule has 0 radical (unpaired) electrons. The number of benzene rings is 2. The van der Waals surface area contributed by atoms with Gasteiger partial charge < -0.3 is 9.52 Å². The van der Waals surface area contributed by atoms with Crippen LogP contribution in [0.2, 0.25) is 0 Å². The van der Waals surface area contributed by atoms with Crippen LogP contribution in [0, 0.1) is 0 Å². The molecule has 3 heterocycles. The number of hydrazone groups is 2. The first-order valence-corrected chi connectivity index (χ1v) is 10.6. The number of carbonyl (C=O) groups excluding carboxylic acids is 1. The van der Waals surface area contributed by atoms with E-state index in [0.717, 1.165) is 11.3 Å². The summed E-state index contributed by atoms with van der Waals surface area (Å²) in [6, 6.07) is 19.2. The molecule has 1 aliphatic heterocycles. The number of para-hydroxylation sites is 1. The molecule has 9 nitrogen and oxygen atoms in total. The summed E-state index contributed by atoms with van der Waals surface area (Å²) in [5, 5.41) is 21.4. The van der Waals surface area contributed by atoms with Gasteiger partial charge in [-0.2, -0.15) is 15.2 Å². The van der Waals surface area contributed by atoms with E-state index in [1.165, 1.54) is 28.7 Å². The quantitative estimate of drug-likeness (QED) is 0.416. The first kappa shape index (κ1) is 20.3. The summed E-state index contributed by atoms with van der Waals surface area (Å²) in [5.41, 5.74) is 4.76. The Morgan fingerprint density at radius 3 is 2.61 bits per heavy atom. The zero-order valence-corrected chi connectivity index (χ0v) is 17.7. The maximum Gasteiger partial charge on any atom is 0.337 e. The van der Waals surface area contributed by atoms with Gasteiger partial charge in [0.1, 0.15) is 0 Å². The number of aromatic nitrogens is 1. The van der Waals surface area contributed by atoms with Crippen LogP contribution < -0.4 is 10.4 Å². The largest absolute Gasteiger partial charge is 0.478 e. The zero-order valence-electron chi connectivity index (χ0n) is 16.9. The van der Waals surface area contributed by atoms with Gasteiger partial charge in [-0.25, -0.2) is 9.78 Å². The molecule has 0 unspecified atom stereocenters. The summed E-state index contributed by atoms with van der Waals surface area (Å²) in [4.78, 5) is 29.3. The molecule has 162 valence electrons. The second-order valence-electron chi connectivity index (χ2n) is 6.85. The Kier molecular flexibility index (Phi) is 5.25. The molecule has 1 amide bonds. The second kappa shape index (κ2) is 8.52. The number of carbonyl (C=O) groups is 2. The normalized spacial score (nSPS) is 14.5. The van der Waals surface area contributed by atoms with Crippen LogP contribution in [0.4, 0.5) is 10.8 Å². The van der Waals surface area contributed by atoms with Crippen LogP contribution in [0.3, 0.4) is 0 Å². The van der Waals surface area contributed by atoms with Crippen molar-refractivity contribution >= 4 is 45.5 Å². The van der Waals surface area contributed by atoms with E-state index in [4.69, 9.17) is 4.42 Å². The van der Waals surface area contributed by atoms with Gasteiger partial charge in [0.05, 0.1) is 23.2 Å². The Morgan fingerprint density at radius 2 is 1.85 bits per heavy atom. The van der Waals surface area contributed by atoms with Gasteiger partial charge in [-0.1, -0.05) is 42.5 Å². The molecule has 5 rings (SSSR count). The number of thiazole rings is 1. The third-order valence-electron chi connectivity index (χ3n) is 4.76. The van der Waals surface area contributed by atoms with Gasteiger partial charge in [-0.05, 0) is 24.3 Å². The molecule has 2 aromatic heterocycles. The molecular formula is C23H15N5O4S. The standard InChI is InChI=1S/C23H15N5O4S/c29-21-20(26-25-16-10-5-4-9-15(16)22(30)31)19(18-11-6-12-32-18)27-28(21)23-24-17(13-33-23)14-7-2-1-3-8-14/h1-13,25H,(H,30,31)/b26-20+. The van der Waals surface area contributed by atoms with Gasteiger partial charge in [0.2, 0.25) is 5.13 Å². The summed E-state index contributed by atoms with van der Waals surface area (Å²) in [6.07, 6.45) is 1.46. The van der Waals surface area contributed by atoms with E-state index in [9.17, 15) is 14.7 Å². The van der Waals surface area contributed by atoms with Gasteiger partial charge in [-0.15, -0.1) is 11.3 Å². The molecule has 2 aromatic carbocycles. The molecule has 0 spiro atoms. The van der Waals surface area contributed by atoms with Crippen molar-refractivity contribution in [1.82, 2.24) is 4.98 Å². The molecule has 4 aromatic rings. The minimum Gasteiger partial charge on any atom is -0.478 e. The molecule has 2 N–H and O–H groups in total. The number of amides is 1. The zero-order chi connectivity index (χ0) is 22.8. The number of carboxylic acid groups (broad SMARTS) is 1. The summed E-state index contributed by atoms with van der Waals surface area (Å²) < 4.78 is 5.44. The maximum absolute atomic E-state index is 13.2. The van der Waals surface area contributed by atoms with Crippen LogP contribution in [-0.2, 0) is 4.79 Å². The van der Waals surface area contributed by atoms with Crippen LogP contribution in [0.25, 0.3) is 11.3 Å². The molecular weight excluding hydrogens is 442 g/mol. The molecule has 10 heteroatoms. The van der Waals surface area contributed by atoms with Crippen molar-refractivity contribution in [3.63, 3.8) is 0 Å². The molecule has 33 heavy (non-hydrogen) atoms. The molecule has 0 bridgehead atoms. The third kappa shape index (κ3) is 3.90. The average Bonchev–Trinajstić information content (AvgIpc) is 3.59. The molecule has 0 saturated carbocycles. The predicted octanol–water partition coefficient (Wildman–Crippen LogP) is 4.32. The van der Waals surface area contributed by atoms with Crippen LogP contribution in [-0.4, -0.2) is 33.4 Å². The highest BCUT2D eigenvalue weighted by molar-refractivity contribution is 7.14. The third-order valence-corrected chi connectivity index (χ3v) is 5.58. The number of hydrogen-bond acceptors (Lipinski definition) is 8. The number of carboxylic acids is 1. The van der Waals surface area contributed by atoms with Crippen LogP contribution in [0.5, 0.6) is 0 Å². The SMILES string of the molecule is O=C(O)c1ccccc1N/N=C1/C(=O)N(c2nc(-c3ccccc3)cs2)N=C1c1ccco1. The van der Waals surface area contributed by atoms with Crippen LogP contribution in [0.1, 0.15) is 16.1 Å². The lowest BCUT2D eigenvalue weighted by Gasteiger charge is -2.07. The number of hydrogen-bond donors (Lipinski definition) is 2. The summed E-state index contributed by atoms with van der Waals surface area (Å²) in [5.74, 6) is -1.29. The summed E-state index contributed by atoms with van der Waals surface area (Å²) >= 11 is 1.27. The van der Waals surface area contributed by atoms with E-state index in [-0.39, 0.29) is 22.7 Å². The molecule has 0 saturated heterocycles. The lowest BCUT2D eigenvalue weighted by molar-refractivity contribution is -0.112. The lowest BCUT2D eigenvalue weighted by atomic mass is 10.2. The fourth-order valence-electron chi connectivity index (χ4n) is 3.19. The van der Waals surface area contributed by atoms with Crippen molar-refractivity contribution in [2.45, 2.75) is 0 Å². The number of nitrogens with zero attached hydrogens (tertiary/aromatic N) is 4. The van der Waals surface area contributed by atoms with Gasteiger partial charge in [0, 0.05) is 10.9 Å². The van der Waals surface area contributed by atoms with Crippen molar-refractivity contribution in [3.05, 3.63) is 89.7 Å². The van der Waals surface area contributed by atoms with Gasteiger partial charge in [0.15, 0.2) is 17.2 Å². The predicted molar refractivity (Wildman–Crippen MR) is 125 cm³/mol. The number of furan rings is 1. The number of aromatic carboxylic acids is 1. The highest BCUT2D eigenvalue weighted by Crippen LogP contribution is 2.30. The lowest BCUT2D eigenvalue weighted by Crippen LogP contribution is -2.28. The first-order chi connectivity index (χ1) is 16.1. The highest BCUT2D eigenvalue weighted by Gasteiger charge is 2.37. The van der Waals surface area contributed by atoms with Crippen molar-refractivity contribution in [2.24, 2.45) is 10.2 Å². The van der Waals surface area contributed by atoms with Crippen molar-refractivity contribution in [3.8, 4) is 11.3 Å². The van der Waals surface area contributed by atoms with E-state index in [1.54, 1.807) is 30.3 Å². The fraction of sp³-hybridized carbons (Fsp3) is 0. The first-order valence-electron chi connectivity index (χ1n) is 9.76. The average molecular weight is 457 g/mol. The fourth-order valence-corrected chi connectivity index (χ4v) is 3.97. The Morgan fingerprint density at radius 1 is 1.06 bits per heavy atom. The summed E-state index contributed by atoms with van der Waals surface area (Å²) in [6.45, 7) is 0. The highest BCUT2D eigenvalue weighted by atomic mass is 32.1. The monoisotopic (exact) mass is 457 g/mol. The Bertz CT molecular complexity index is 1390. The molecule has 0 fully saturated rings. The maximum atomic E-state index is 13.2. The van der Waals surface area contributed by atoms with Crippen molar-refractivity contribution in [2.75, 3.05) is 10.4 Å². The van der Waals surface area contributed by atoms with E-state index >= 15 is 0 Å². The minimum atomic E-state index is -1.12.